The second-order valence-electron chi connectivity index (χ2n) is 6.05. The Bertz CT molecular complexity index is 531. The molecule has 0 saturated heterocycles. The molecule has 5 heteroatoms. The number of carbonyl (C=O) groups is 1. The summed E-state index contributed by atoms with van der Waals surface area (Å²) in [7, 11) is 0. The highest BCUT2D eigenvalue weighted by atomic mass is 16.6. The van der Waals surface area contributed by atoms with E-state index in [0.29, 0.717) is 0 Å². The van der Waals surface area contributed by atoms with E-state index in [-0.39, 0.29) is 6.42 Å². The molecule has 0 unspecified atom stereocenters. The molecule has 0 aliphatic heterocycles. The quantitative estimate of drug-likeness (QED) is 0.473. The molecule has 1 aromatic carbocycles. The number of esters is 1. The molecule has 0 heterocycles. The van der Waals surface area contributed by atoms with Gasteiger partial charge in [0.2, 0.25) is 0 Å². The topological polar surface area (TPSA) is 69.4 Å². The highest BCUT2D eigenvalue weighted by Gasteiger charge is 2.47. The Morgan fingerprint density at radius 2 is 1.81 bits per heavy atom. The summed E-state index contributed by atoms with van der Waals surface area (Å²) in [5, 5.41) is 11.3. The van der Waals surface area contributed by atoms with Gasteiger partial charge in [0.15, 0.2) is 0 Å². The molecule has 0 N–H and O–H groups in total. The van der Waals surface area contributed by atoms with Crippen LogP contribution in [0.4, 0.5) is 0 Å². The molecule has 0 aromatic heterocycles. The van der Waals surface area contributed by atoms with Crippen LogP contribution in [0.1, 0.15) is 39.7 Å². The summed E-state index contributed by atoms with van der Waals surface area (Å²) in [4.78, 5) is 22.7. The van der Waals surface area contributed by atoms with Crippen molar-refractivity contribution in [1.82, 2.24) is 0 Å². The summed E-state index contributed by atoms with van der Waals surface area (Å²) in [6.07, 6.45) is 3.36. The Balaban J connectivity index is 2.84. The number of rotatable bonds is 5. The summed E-state index contributed by atoms with van der Waals surface area (Å²) in [5.41, 5.74) is -1.61. The number of nitro groups is 1. The molecule has 0 fully saturated rings. The van der Waals surface area contributed by atoms with Gasteiger partial charge in [0.25, 0.3) is 0 Å². The first-order chi connectivity index (χ1) is 9.65. The molecule has 1 atom stereocenters. The maximum absolute atomic E-state index is 12.1. The van der Waals surface area contributed by atoms with Crippen molar-refractivity contribution in [3.8, 4) is 0 Å². The maximum atomic E-state index is 12.1. The van der Waals surface area contributed by atoms with Gasteiger partial charge in [-0.25, -0.2) is 4.79 Å². The summed E-state index contributed by atoms with van der Waals surface area (Å²) < 4.78 is 5.15. The molecular weight excluding hydrogens is 270 g/mol. The number of ether oxygens (including phenoxy) is 1. The molecule has 0 aliphatic carbocycles. The Morgan fingerprint density at radius 1 is 1.24 bits per heavy atom. The average molecular weight is 291 g/mol. The molecule has 0 bridgehead atoms. The van der Waals surface area contributed by atoms with Crippen molar-refractivity contribution in [2.45, 2.75) is 45.3 Å². The van der Waals surface area contributed by atoms with Crippen molar-refractivity contribution < 1.29 is 14.5 Å². The van der Waals surface area contributed by atoms with E-state index in [1.54, 1.807) is 32.9 Å². The molecule has 5 nitrogen and oxygen atoms in total. The first-order valence-corrected chi connectivity index (χ1v) is 6.75. The second-order valence-corrected chi connectivity index (χ2v) is 6.05. The van der Waals surface area contributed by atoms with Crippen molar-refractivity contribution in [3.63, 3.8) is 0 Å². The van der Waals surface area contributed by atoms with E-state index >= 15 is 0 Å². The Kier molecular flexibility index (Phi) is 5.24. The first-order valence-electron chi connectivity index (χ1n) is 6.75. The van der Waals surface area contributed by atoms with Crippen LogP contribution < -0.4 is 0 Å². The minimum absolute atomic E-state index is 0.0240. The lowest BCUT2D eigenvalue weighted by molar-refractivity contribution is -0.550. The smallest absolute Gasteiger partial charge is 0.385 e. The van der Waals surface area contributed by atoms with Crippen LogP contribution in [0.5, 0.6) is 0 Å². The van der Waals surface area contributed by atoms with E-state index in [2.05, 4.69) is 0 Å². The van der Waals surface area contributed by atoms with Crippen molar-refractivity contribution >= 4 is 12.0 Å². The highest BCUT2D eigenvalue weighted by molar-refractivity contribution is 5.79. The highest BCUT2D eigenvalue weighted by Crippen LogP contribution is 2.22. The second kappa shape index (κ2) is 6.52. The minimum atomic E-state index is -1.78. The van der Waals surface area contributed by atoms with Gasteiger partial charge in [0.1, 0.15) is 5.60 Å². The van der Waals surface area contributed by atoms with Gasteiger partial charge in [0, 0.05) is 18.3 Å². The number of hydrogen-bond acceptors (Lipinski definition) is 4. The van der Waals surface area contributed by atoms with Gasteiger partial charge in [-0.3, -0.25) is 10.1 Å². The molecule has 0 radical (unpaired) electrons. The lowest BCUT2D eigenvalue weighted by Crippen LogP contribution is -2.46. The van der Waals surface area contributed by atoms with Gasteiger partial charge in [-0.05, 0) is 26.3 Å². The fraction of sp³-hybridized carbons (Fsp3) is 0.438. The van der Waals surface area contributed by atoms with Crippen LogP contribution >= 0.6 is 0 Å². The van der Waals surface area contributed by atoms with Gasteiger partial charge < -0.3 is 4.74 Å². The summed E-state index contributed by atoms with van der Waals surface area (Å²) in [6.45, 7) is 6.34. The van der Waals surface area contributed by atoms with Crippen molar-refractivity contribution in [2.24, 2.45) is 0 Å². The molecule has 1 rings (SSSR count). The summed E-state index contributed by atoms with van der Waals surface area (Å²) >= 11 is 0. The van der Waals surface area contributed by atoms with Crippen molar-refractivity contribution in [2.75, 3.05) is 0 Å². The van der Waals surface area contributed by atoms with E-state index in [4.69, 9.17) is 4.74 Å². The third-order valence-electron chi connectivity index (χ3n) is 2.87. The van der Waals surface area contributed by atoms with Crippen molar-refractivity contribution in [1.29, 1.82) is 0 Å². The first kappa shape index (κ1) is 16.9. The zero-order chi connectivity index (χ0) is 16.1. The molecule has 1 aromatic rings. The zero-order valence-corrected chi connectivity index (χ0v) is 12.8. The minimum Gasteiger partial charge on any atom is -0.455 e. The van der Waals surface area contributed by atoms with Crippen LogP contribution in [-0.2, 0) is 9.53 Å². The predicted octanol–water partition coefficient (Wildman–Crippen LogP) is 3.47. The maximum Gasteiger partial charge on any atom is 0.385 e. The third kappa shape index (κ3) is 5.02. The standard InChI is InChI=1S/C16H21NO4/c1-15(2,3)21-14(18)16(4,17(19)20)12-8-11-13-9-6-5-7-10-13/h5-11H,12H2,1-4H3/b11-8+/t16-/m1/s1. The fourth-order valence-electron chi connectivity index (χ4n) is 1.61. The molecule has 0 amide bonds. The summed E-state index contributed by atoms with van der Waals surface area (Å²) in [6, 6.07) is 9.40. The van der Waals surface area contributed by atoms with E-state index < -0.39 is 22.0 Å². The number of hydrogen-bond donors (Lipinski definition) is 0. The Hall–Kier alpha value is -2.17. The average Bonchev–Trinajstić information content (AvgIpc) is 2.37. The van der Waals surface area contributed by atoms with Crippen LogP contribution in [0.25, 0.3) is 6.08 Å². The Morgan fingerprint density at radius 3 is 2.29 bits per heavy atom. The van der Waals surface area contributed by atoms with Crippen LogP contribution in [0.3, 0.4) is 0 Å². The van der Waals surface area contributed by atoms with Crippen LogP contribution in [0, 0.1) is 10.1 Å². The van der Waals surface area contributed by atoms with E-state index in [1.165, 1.54) is 6.92 Å². The monoisotopic (exact) mass is 291 g/mol. The molecule has 0 saturated carbocycles. The lowest BCUT2D eigenvalue weighted by atomic mass is 9.97. The summed E-state index contributed by atoms with van der Waals surface area (Å²) in [5.74, 6) is -0.822. The molecule has 0 spiro atoms. The molecule has 0 aliphatic rings. The van der Waals surface area contributed by atoms with Gasteiger partial charge in [-0.2, -0.15) is 0 Å². The van der Waals surface area contributed by atoms with Gasteiger partial charge in [-0.15, -0.1) is 0 Å². The number of carbonyl (C=O) groups excluding carboxylic acids is 1. The van der Waals surface area contributed by atoms with E-state index in [0.717, 1.165) is 5.56 Å². The molecular formula is C16H21NO4. The SMILES string of the molecule is CC(C)(C)OC(=O)[C@@](C)(C/C=C/c1ccccc1)[N+](=O)[O-]. The van der Waals surface area contributed by atoms with E-state index in [1.807, 2.05) is 30.3 Å². The normalized spacial score (nSPS) is 14.7. The fourth-order valence-corrected chi connectivity index (χ4v) is 1.61. The van der Waals surface area contributed by atoms with Crippen LogP contribution in [-0.4, -0.2) is 22.0 Å². The Labute approximate surface area is 124 Å². The lowest BCUT2D eigenvalue weighted by Gasteiger charge is -2.24. The van der Waals surface area contributed by atoms with Gasteiger partial charge >= 0.3 is 11.5 Å². The molecule has 114 valence electrons. The van der Waals surface area contributed by atoms with Gasteiger partial charge in [0.05, 0.1) is 0 Å². The number of nitrogens with zero attached hydrogens (tertiary/aromatic N) is 1. The van der Waals surface area contributed by atoms with Crippen LogP contribution in [0.15, 0.2) is 36.4 Å². The van der Waals surface area contributed by atoms with E-state index in [9.17, 15) is 14.9 Å². The van der Waals surface area contributed by atoms with Crippen molar-refractivity contribution in [3.05, 3.63) is 52.1 Å². The largest absolute Gasteiger partial charge is 0.455 e. The number of benzene rings is 1. The predicted molar refractivity (Wildman–Crippen MR) is 81.3 cm³/mol. The molecule has 21 heavy (non-hydrogen) atoms. The van der Waals surface area contributed by atoms with Crippen LogP contribution in [0.2, 0.25) is 0 Å². The van der Waals surface area contributed by atoms with Gasteiger partial charge in [-0.1, -0.05) is 42.5 Å². The zero-order valence-electron chi connectivity index (χ0n) is 12.8. The third-order valence-corrected chi connectivity index (χ3v) is 2.87.